The first-order chi connectivity index (χ1) is 12.8. The number of phenolic OH excluding ortho intramolecular Hbond substituents is 1. The fraction of sp³-hybridized carbons (Fsp3) is 0.167. The first kappa shape index (κ1) is 21.9. The molecule has 0 spiro atoms. The summed E-state index contributed by atoms with van der Waals surface area (Å²) in [6.07, 6.45) is 0. The molecule has 0 aliphatic rings. The van der Waals surface area contributed by atoms with Gasteiger partial charge in [0.1, 0.15) is 12.3 Å². The number of hydrogen-bond donors (Lipinski definition) is 3. The van der Waals surface area contributed by atoms with E-state index < -0.39 is 5.92 Å². The van der Waals surface area contributed by atoms with Crippen LogP contribution < -0.4 is 10.6 Å². The molecule has 0 saturated carbocycles. The van der Waals surface area contributed by atoms with Gasteiger partial charge >= 0.3 is 0 Å². The lowest BCUT2D eigenvalue weighted by molar-refractivity contribution is -0.122. The molecule has 2 amide bonds. The van der Waals surface area contributed by atoms with E-state index in [1.54, 1.807) is 36.4 Å². The number of hydrogen-bond acceptors (Lipinski definition) is 4. The van der Waals surface area contributed by atoms with Crippen LogP contribution in [0.1, 0.15) is 21.8 Å². The smallest absolute Gasteiger partial charge is 0.251 e. The number of nitrogens with zero attached hydrogens (tertiary/aromatic N) is 1. The topological polar surface area (TPSA) is 102 Å². The van der Waals surface area contributed by atoms with Crippen LogP contribution in [0.15, 0.2) is 40.9 Å². The van der Waals surface area contributed by atoms with Crippen LogP contribution in [0.3, 0.4) is 0 Å². The van der Waals surface area contributed by atoms with Crippen molar-refractivity contribution in [3.8, 4) is 11.8 Å². The summed E-state index contributed by atoms with van der Waals surface area (Å²) in [7, 11) is 0. The number of nitriles is 1. The molecule has 0 fully saturated rings. The monoisotopic (exact) mass is 653 g/mol. The van der Waals surface area contributed by atoms with Crippen molar-refractivity contribution in [2.45, 2.75) is 5.92 Å². The van der Waals surface area contributed by atoms with E-state index >= 15 is 0 Å². The molecule has 2 aromatic rings. The maximum Gasteiger partial charge on any atom is 0.251 e. The second-order valence-corrected chi connectivity index (χ2v) is 8.72. The number of nitrogens with one attached hydrogen (secondary N) is 2. The summed E-state index contributed by atoms with van der Waals surface area (Å²) in [5.74, 6) is -1.22. The zero-order valence-electron chi connectivity index (χ0n) is 13.8. The number of amides is 2. The lowest BCUT2D eigenvalue weighted by atomic mass is 9.97. The van der Waals surface area contributed by atoms with Crippen LogP contribution in [0, 0.1) is 18.5 Å². The summed E-state index contributed by atoms with van der Waals surface area (Å²) in [5.41, 5.74) is 1.12. The predicted octanol–water partition coefficient (Wildman–Crippen LogP) is 3.52. The molecule has 2 aromatic carbocycles. The van der Waals surface area contributed by atoms with Crippen molar-refractivity contribution < 1.29 is 14.7 Å². The summed E-state index contributed by atoms with van der Waals surface area (Å²) >= 11 is 7.29. The Labute approximate surface area is 192 Å². The van der Waals surface area contributed by atoms with Gasteiger partial charge in [0.2, 0.25) is 5.91 Å². The van der Waals surface area contributed by atoms with E-state index in [0.29, 0.717) is 18.3 Å². The quantitative estimate of drug-likeness (QED) is 0.328. The number of carbonyl (C=O) groups excluding carboxylic acids is 2. The van der Waals surface area contributed by atoms with Crippen LogP contribution in [0.2, 0.25) is 0 Å². The second kappa shape index (κ2) is 10.2. The van der Waals surface area contributed by atoms with Gasteiger partial charge in [0.05, 0.1) is 19.1 Å². The van der Waals surface area contributed by atoms with Crippen molar-refractivity contribution in [3.05, 3.63) is 59.1 Å². The highest BCUT2D eigenvalue weighted by molar-refractivity contribution is 14.1. The van der Waals surface area contributed by atoms with Crippen molar-refractivity contribution in [1.82, 2.24) is 10.6 Å². The summed E-state index contributed by atoms with van der Waals surface area (Å²) in [6, 6.07) is 12.1. The molecular formula is C18H14BrI2N3O3. The molecule has 0 bridgehead atoms. The summed E-state index contributed by atoms with van der Waals surface area (Å²) in [6.45, 7) is -0.0641. The SMILES string of the molecule is N#CCNC(=O)C(CNC(=O)c1ccc(Br)cc1)c1cc(I)c(O)c(I)c1. The van der Waals surface area contributed by atoms with Crippen LogP contribution in [0.5, 0.6) is 5.75 Å². The van der Waals surface area contributed by atoms with Crippen LogP contribution in [0.4, 0.5) is 0 Å². The van der Waals surface area contributed by atoms with Gasteiger partial charge in [-0.1, -0.05) is 15.9 Å². The Balaban J connectivity index is 2.22. The van der Waals surface area contributed by atoms with Crippen LogP contribution in [-0.4, -0.2) is 30.0 Å². The third-order valence-corrected chi connectivity index (χ3v) is 5.85. The Bertz CT molecular complexity index is 875. The van der Waals surface area contributed by atoms with Gasteiger partial charge in [0.15, 0.2) is 0 Å². The lowest BCUT2D eigenvalue weighted by Crippen LogP contribution is -2.37. The summed E-state index contributed by atoms with van der Waals surface area (Å²) in [5, 5.41) is 24.0. The maximum absolute atomic E-state index is 12.5. The minimum Gasteiger partial charge on any atom is -0.506 e. The Morgan fingerprint density at radius 3 is 2.30 bits per heavy atom. The average molecular weight is 654 g/mol. The molecule has 3 N–H and O–H groups in total. The molecule has 0 aromatic heterocycles. The zero-order chi connectivity index (χ0) is 20.0. The fourth-order valence-electron chi connectivity index (χ4n) is 2.30. The van der Waals surface area contributed by atoms with Gasteiger partial charge in [-0.2, -0.15) is 5.26 Å². The number of benzene rings is 2. The molecule has 0 saturated heterocycles. The number of phenols is 1. The first-order valence-electron chi connectivity index (χ1n) is 7.69. The summed E-state index contributed by atoms with van der Waals surface area (Å²) in [4.78, 5) is 24.9. The highest BCUT2D eigenvalue weighted by atomic mass is 127. The van der Waals surface area contributed by atoms with E-state index in [2.05, 4.69) is 26.6 Å². The van der Waals surface area contributed by atoms with Gasteiger partial charge < -0.3 is 15.7 Å². The van der Waals surface area contributed by atoms with Gasteiger partial charge in [0, 0.05) is 16.6 Å². The average Bonchev–Trinajstić information content (AvgIpc) is 2.64. The molecule has 0 heterocycles. The molecule has 1 atom stereocenters. The third kappa shape index (κ3) is 6.05. The van der Waals surface area contributed by atoms with E-state index in [4.69, 9.17) is 5.26 Å². The van der Waals surface area contributed by atoms with Crippen LogP contribution >= 0.6 is 61.1 Å². The van der Waals surface area contributed by atoms with Crippen LogP contribution in [0.25, 0.3) is 0 Å². The van der Waals surface area contributed by atoms with Crippen molar-refractivity contribution in [2.75, 3.05) is 13.1 Å². The Morgan fingerprint density at radius 1 is 1.15 bits per heavy atom. The molecule has 27 heavy (non-hydrogen) atoms. The Hall–Kier alpha value is -1.39. The molecule has 0 aliphatic heterocycles. The van der Waals surface area contributed by atoms with Crippen LogP contribution in [-0.2, 0) is 4.79 Å². The molecule has 2 rings (SSSR count). The van der Waals surface area contributed by atoms with E-state index in [-0.39, 0.29) is 30.7 Å². The zero-order valence-corrected chi connectivity index (χ0v) is 19.7. The van der Waals surface area contributed by atoms with E-state index in [0.717, 1.165) is 4.47 Å². The number of carbonyl (C=O) groups is 2. The second-order valence-electron chi connectivity index (χ2n) is 5.48. The van der Waals surface area contributed by atoms with E-state index in [9.17, 15) is 14.7 Å². The Morgan fingerprint density at radius 2 is 1.74 bits per heavy atom. The minimum absolute atomic E-state index is 0.0586. The van der Waals surface area contributed by atoms with Crippen molar-refractivity contribution in [3.63, 3.8) is 0 Å². The highest BCUT2D eigenvalue weighted by Gasteiger charge is 2.23. The molecule has 0 aliphatic carbocycles. The molecular weight excluding hydrogens is 640 g/mol. The van der Waals surface area contributed by atoms with E-state index in [1.165, 1.54) is 0 Å². The standard InChI is InChI=1S/C18H14BrI2N3O3/c19-12-3-1-10(2-4-12)17(26)24-9-13(18(27)23-6-5-22)11-7-14(20)16(25)15(21)8-11/h1-4,7-8,13,25H,6,9H2,(H,23,27)(H,24,26). The first-order valence-corrected chi connectivity index (χ1v) is 10.6. The fourth-order valence-corrected chi connectivity index (χ4v) is 4.38. The number of aromatic hydroxyl groups is 1. The molecule has 9 heteroatoms. The molecule has 140 valence electrons. The number of rotatable bonds is 6. The maximum atomic E-state index is 12.5. The molecule has 0 radical (unpaired) electrons. The number of halogens is 3. The predicted molar refractivity (Wildman–Crippen MR) is 121 cm³/mol. The molecule has 6 nitrogen and oxygen atoms in total. The van der Waals surface area contributed by atoms with Gasteiger partial charge in [0.25, 0.3) is 5.91 Å². The van der Waals surface area contributed by atoms with Gasteiger partial charge in [-0.25, -0.2) is 0 Å². The third-order valence-electron chi connectivity index (χ3n) is 3.67. The van der Waals surface area contributed by atoms with E-state index in [1.807, 2.05) is 51.3 Å². The van der Waals surface area contributed by atoms with Crippen molar-refractivity contribution in [1.29, 1.82) is 5.26 Å². The largest absolute Gasteiger partial charge is 0.506 e. The van der Waals surface area contributed by atoms with Gasteiger partial charge in [-0.15, -0.1) is 0 Å². The highest BCUT2D eigenvalue weighted by Crippen LogP contribution is 2.30. The lowest BCUT2D eigenvalue weighted by Gasteiger charge is -2.18. The summed E-state index contributed by atoms with van der Waals surface area (Å²) < 4.78 is 2.07. The normalized spacial score (nSPS) is 11.3. The minimum atomic E-state index is -0.694. The van der Waals surface area contributed by atoms with Gasteiger partial charge in [-0.3, -0.25) is 9.59 Å². The van der Waals surface area contributed by atoms with Crippen molar-refractivity contribution >= 4 is 72.9 Å². The van der Waals surface area contributed by atoms with Gasteiger partial charge in [-0.05, 0) is 87.1 Å². The van der Waals surface area contributed by atoms with Crippen molar-refractivity contribution in [2.24, 2.45) is 0 Å². The Kier molecular flexibility index (Phi) is 8.30. The molecule has 1 unspecified atom stereocenters.